The number of rotatable bonds is 4. The van der Waals surface area contributed by atoms with Gasteiger partial charge in [-0.3, -0.25) is 0 Å². The standard InChI is InChI=1S/C14H19F3N2/c15-14(16,17)19-8-4-7-13(11-19)10-18-9-12-5-2-1-3-6-12/h1-3,5-6,13,18H,4,7-11H2. The number of likely N-dealkylation sites (tertiary alicyclic amines) is 1. The minimum Gasteiger partial charge on any atom is -0.312 e. The van der Waals surface area contributed by atoms with Gasteiger partial charge in [0.2, 0.25) is 0 Å². The maximum absolute atomic E-state index is 12.6. The molecular formula is C14H19F3N2. The Morgan fingerprint density at radius 1 is 1.21 bits per heavy atom. The molecule has 0 radical (unpaired) electrons. The third-order valence-electron chi connectivity index (χ3n) is 3.48. The molecule has 1 unspecified atom stereocenters. The van der Waals surface area contributed by atoms with Crippen LogP contribution >= 0.6 is 0 Å². The average Bonchev–Trinajstić information content (AvgIpc) is 2.39. The predicted molar refractivity (Wildman–Crippen MR) is 68.5 cm³/mol. The number of nitrogens with zero attached hydrogens (tertiary/aromatic N) is 1. The predicted octanol–water partition coefficient (Wildman–Crippen LogP) is 3.01. The number of piperidine rings is 1. The van der Waals surface area contributed by atoms with E-state index in [4.69, 9.17) is 0 Å². The normalized spacial score (nSPS) is 21.5. The minimum atomic E-state index is -4.18. The fraction of sp³-hybridized carbons (Fsp3) is 0.571. The average molecular weight is 272 g/mol. The first-order chi connectivity index (χ1) is 9.05. The van der Waals surface area contributed by atoms with Crippen molar-refractivity contribution in [1.29, 1.82) is 0 Å². The van der Waals surface area contributed by atoms with Gasteiger partial charge < -0.3 is 5.32 Å². The van der Waals surface area contributed by atoms with E-state index in [0.29, 0.717) is 24.4 Å². The van der Waals surface area contributed by atoms with Gasteiger partial charge >= 0.3 is 6.30 Å². The molecule has 1 saturated heterocycles. The highest BCUT2D eigenvalue weighted by molar-refractivity contribution is 5.14. The summed E-state index contributed by atoms with van der Waals surface area (Å²) in [6.45, 7) is 1.61. The third-order valence-corrected chi connectivity index (χ3v) is 3.48. The molecule has 0 aliphatic carbocycles. The maximum Gasteiger partial charge on any atom is 0.459 e. The van der Waals surface area contributed by atoms with Gasteiger partial charge in [0, 0.05) is 19.6 Å². The van der Waals surface area contributed by atoms with E-state index in [-0.39, 0.29) is 19.0 Å². The van der Waals surface area contributed by atoms with E-state index in [1.54, 1.807) is 0 Å². The summed E-state index contributed by atoms with van der Waals surface area (Å²) in [7, 11) is 0. The quantitative estimate of drug-likeness (QED) is 0.848. The van der Waals surface area contributed by atoms with Gasteiger partial charge in [0.1, 0.15) is 0 Å². The molecule has 2 rings (SSSR count). The van der Waals surface area contributed by atoms with Crippen LogP contribution in [-0.4, -0.2) is 30.8 Å². The Labute approximate surface area is 111 Å². The lowest BCUT2D eigenvalue weighted by molar-refractivity contribution is -0.253. The molecule has 1 aliphatic rings. The van der Waals surface area contributed by atoms with Gasteiger partial charge in [-0.25, -0.2) is 4.90 Å². The van der Waals surface area contributed by atoms with Crippen molar-refractivity contribution >= 4 is 0 Å². The van der Waals surface area contributed by atoms with E-state index in [2.05, 4.69) is 5.32 Å². The van der Waals surface area contributed by atoms with Crippen LogP contribution in [0.2, 0.25) is 0 Å². The summed E-state index contributed by atoms with van der Waals surface area (Å²) in [5.74, 6) is 0.0825. The van der Waals surface area contributed by atoms with Crippen LogP contribution in [0.25, 0.3) is 0 Å². The van der Waals surface area contributed by atoms with Crippen molar-refractivity contribution < 1.29 is 13.2 Å². The number of benzene rings is 1. The molecule has 1 aromatic rings. The first-order valence-electron chi connectivity index (χ1n) is 6.62. The van der Waals surface area contributed by atoms with Crippen molar-refractivity contribution in [3.63, 3.8) is 0 Å². The van der Waals surface area contributed by atoms with Gasteiger partial charge in [-0.1, -0.05) is 30.3 Å². The number of hydrogen-bond acceptors (Lipinski definition) is 2. The molecule has 1 aromatic carbocycles. The summed E-state index contributed by atoms with van der Waals surface area (Å²) in [4.78, 5) is 0.630. The molecular weight excluding hydrogens is 253 g/mol. The maximum atomic E-state index is 12.6. The number of halogens is 3. The van der Waals surface area contributed by atoms with Crippen LogP contribution in [0.3, 0.4) is 0 Å². The molecule has 2 nitrogen and oxygen atoms in total. The van der Waals surface area contributed by atoms with Crippen molar-refractivity contribution in [2.45, 2.75) is 25.7 Å². The van der Waals surface area contributed by atoms with E-state index in [1.807, 2.05) is 30.3 Å². The summed E-state index contributed by atoms with van der Waals surface area (Å²) < 4.78 is 37.8. The molecule has 0 amide bonds. The van der Waals surface area contributed by atoms with E-state index in [0.717, 1.165) is 12.0 Å². The lowest BCUT2D eigenvalue weighted by Gasteiger charge is -2.33. The Morgan fingerprint density at radius 2 is 1.95 bits per heavy atom. The highest BCUT2D eigenvalue weighted by Crippen LogP contribution is 2.27. The smallest absolute Gasteiger partial charge is 0.312 e. The molecule has 0 spiro atoms. The van der Waals surface area contributed by atoms with E-state index in [9.17, 15) is 13.2 Å². The van der Waals surface area contributed by atoms with Crippen molar-refractivity contribution in [2.24, 2.45) is 5.92 Å². The Bertz CT molecular complexity index is 378. The van der Waals surface area contributed by atoms with Gasteiger partial charge in [-0.05, 0) is 30.9 Å². The lowest BCUT2D eigenvalue weighted by Crippen LogP contribution is -2.46. The Balaban J connectivity index is 1.74. The van der Waals surface area contributed by atoms with Gasteiger partial charge in [0.25, 0.3) is 0 Å². The van der Waals surface area contributed by atoms with Crippen molar-refractivity contribution in [3.05, 3.63) is 35.9 Å². The molecule has 1 heterocycles. The highest BCUT2D eigenvalue weighted by atomic mass is 19.4. The Hall–Kier alpha value is -1.07. The van der Waals surface area contributed by atoms with Gasteiger partial charge in [0.05, 0.1) is 0 Å². The molecule has 106 valence electrons. The second-order valence-corrected chi connectivity index (χ2v) is 5.04. The molecule has 5 heteroatoms. The number of hydrogen-bond donors (Lipinski definition) is 1. The van der Waals surface area contributed by atoms with Crippen LogP contribution in [0.1, 0.15) is 18.4 Å². The SMILES string of the molecule is FC(F)(F)N1CCCC(CNCc2ccccc2)C1. The van der Waals surface area contributed by atoms with Crippen LogP contribution < -0.4 is 5.32 Å². The topological polar surface area (TPSA) is 15.3 Å². The molecule has 19 heavy (non-hydrogen) atoms. The monoisotopic (exact) mass is 272 g/mol. The molecule has 1 N–H and O–H groups in total. The zero-order chi connectivity index (χ0) is 13.7. The first kappa shape index (κ1) is 14.3. The first-order valence-corrected chi connectivity index (χ1v) is 6.62. The summed E-state index contributed by atoms with van der Waals surface area (Å²) in [5, 5.41) is 3.25. The second kappa shape index (κ2) is 6.39. The fourth-order valence-corrected chi connectivity index (χ4v) is 2.48. The van der Waals surface area contributed by atoms with Crippen LogP contribution in [0.4, 0.5) is 13.2 Å². The lowest BCUT2D eigenvalue weighted by atomic mass is 9.98. The summed E-state index contributed by atoms with van der Waals surface area (Å²) >= 11 is 0. The van der Waals surface area contributed by atoms with E-state index in [1.165, 1.54) is 0 Å². The fourth-order valence-electron chi connectivity index (χ4n) is 2.48. The number of alkyl halides is 3. The molecule has 0 aromatic heterocycles. The molecule has 0 bridgehead atoms. The third kappa shape index (κ3) is 4.51. The summed E-state index contributed by atoms with van der Waals surface area (Å²) in [5.41, 5.74) is 1.16. The molecule has 0 saturated carbocycles. The zero-order valence-corrected chi connectivity index (χ0v) is 10.8. The highest BCUT2D eigenvalue weighted by Gasteiger charge is 2.39. The van der Waals surface area contributed by atoms with Gasteiger partial charge in [0.15, 0.2) is 0 Å². The largest absolute Gasteiger partial charge is 0.459 e. The number of nitrogens with one attached hydrogen (secondary N) is 1. The van der Waals surface area contributed by atoms with Crippen LogP contribution in [-0.2, 0) is 6.54 Å². The second-order valence-electron chi connectivity index (χ2n) is 5.04. The Kier molecular flexibility index (Phi) is 4.82. The molecule has 1 aliphatic heterocycles. The van der Waals surface area contributed by atoms with E-state index < -0.39 is 6.30 Å². The molecule has 1 atom stereocenters. The summed E-state index contributed by atoms with van der Waals surface area (Å²) in [6.07, 6.45) is -2.69. The van der Waals surface area contributed by atoms with Crippen molar-refractivity contribution in [3.8, 4) is 0 Å². The van der Waals surface area contributed by atoms with Crippen molar-refractivity contribution in [2.75, 3.05) is 19.6 Å². The minimum absolute atomic E-state index is 0.0825. The molecule has 1 fully saturated rings. The Morgan fingerprint density at radius 3 is 2.63 bits per heavy atom. The van der Waals surface area contributed by atoms with Gasteiger partial charge in [-0.15, -0.1) is 0 Å². The van der Waals surface area contributed by atoms with Crippen LogP contribution in [0.5, 0.6) is 0 Å². The zero-order valence-electron chi connectivity index (χ0n) is 10.8. The van der Waals surface area contributed by atoms with Crippen LogP contribution in [0.15, 0.2) is 30.3 Å². The van der Waals surface area contributed by atoms with Crippen molar-refractivity contribution in [1.82, 2.24) is 10.2 Å². The van der Waals surface area contributed by atoms with Gasteiger partial charge in [-0.2, -0.15) is 13.2 Å². The van der Waals surface area contributed by atoms with E-state index >= 15 is 0 Å². The van der Waals surface area contributed by atoms with Crippen LogP contribution in [0, 0.1) is 5.92 Å². The summed E-state index contributed by atoms with van der Waals surface area (Å²) in [6, 6.07) is 9.89.